The normalized spacial score (nSPS) is 27.1. The van der Waals surface area contributed by atoms with Crippen molar-refractivity contribution in [2.75, 3.05) is 19.6 Å². The largest absolute Gasteiger partial charge is 0.349 e. The van der Waals surface area contributed by atoms with Crippen LogP contribution in [0.15, 0.2) is 24.3 Å². The van der Waals surface area contributed by atoms with Crippen LogP contribution in [0.2, 0.25) is 0 Å². The Morgan fingerprint density at radius 2 is 1.72 bits per heavy atom. The minimum Gasteiger partial charge on any atom is -0.349 e. The number of hydrogen-bond donors (Lipinski definition) is 3. The Bertz CT molecular complexity index is 729. The summed E-state index contributed by atoms with van der Waals surface area (Å²) in [4.78, 5) is 36.2. The van der Waals surface area contributed by atoms with E-state index in [-0.39, 0.29) is 23.5 Å². The molecule has 8 heteroatoms. The number of rotatable bonds is 6. The average Bonchev–Trinajstić information content (AvgIpc) is 2.71. The number of piperidine rings is 1. The van der Waals surface area contributed by atoms with E-state index in [9.17, 15) is 19.7 Å². The van der Waals surface area contributed by atoms with Crippen molar-refractivity contribution in [3.05, 3.63) is 39.9 Å². The zero-order chi connectivity index (χ0) is 20.8. The van der Waals surface area contributed by atoms with Crippen LogP contribution in [0.4, 0.5) is 5.69 Å². The minimum absolute atomic E-state index is 0.0284. The Balaban J connectivity index is 1.40. The number of carbonyl (C=O) groups is 2. The molecule has 1 saturated heterocycles. The lowest BCUT2D eigenvalue weighted by atomic mass is 9.86. The van der Waals surface area contributed by atoms with Gasteiger partial charge in [0.05, 0.1) is 18.0 Å². The molecule has 8 nitrogen and oxygen atoms in total. The number of nitro groups is 1. The second-order valence-electron chi connectivity index (χ2n) is 8.41. The molecule has 2 atom stereocenters. The van der Waals surface area contributed by atoms with Gasteiger partial charge in [-0.1, -0.05) is 19.8 Å². The lowest BCUT2D eigenvalue weighted by Crippen LogP contribution is -3.14. The van der Waals surface area contributed by atoms with Gasteiger partial charge in [-0.3, -0.25) is 19.7 Å². The van der Waals surface area contributed by atoms with Gasteiger partial charge in [-0.2, -0.15) is 0 Å². The molecule has 158 valence electrons. The first kappa shape index (κ1) is 21.2. The highest BCUT2D eigenvalue weighted by Crippen LogP contribution is 2.23. The smallest absolute Gasteiger partial charge is 0.275 e. The van der Waals surface area contributed by atoms with Crippen molar-refractivity contribution in [1.82, 2.24) is 10.6 Å². The monoisotopic (exact) mass is 403 g/mol. The van der Waals surface area contributed by atoms with Crippen molar-refractivity contribution in [2.45, 2.75) is 57.5 Å². The summed E-state index contributed by atoms with van der Waals surface area (Å²) in [5.74, 6) is 0.479. The summed E-state index contributed by atoms with van der Waals surface area (Å²) in [5.41, 5.74) is 0.394. The van der Waals surface area contributed by atoms with Gasteiger partial charge in [-0.15, -0.1) is 0 Å². The molecule has 2 fully saturated rings. The van der Waals surface area contributed by atoms with E-state index in [0.29, 0.717) is 24.1 Å². The topological polar surface area (TPSA) is 106 Å². The molecular weight excluding hydrogens is 372 g/mol. The van der Waals surface area contributed by atoms with Crippen molar-refractivity contribution in [3.63, 3.8) is 0 Å². The van der Waals surface area contributed by atoms with E-state index in [1.807, 2.05) is 0 Å². The molecule has 0 unspecified atom stereocenters. The van der Waals surface area contributed by atoms with Crippen LogP contribution < -0.4 is 15.5 Å². The van der Waals surface area contributed by atoms with Crippen LogP contribution in [0.5, 0.6) is 0 Å². The van der Waals surface area contributed by atoms with Crippen LogP contribution in [0.3, 0.4) is 0 Å². The third-order valence-electron chi connectivity index (χ3n) is 6.24. The Labute approximate surface area is 171 Å². The molecule has 0 radical (unpaired) electrons. The fourth-order valence-corrected chi connectivity index (χ4v) is 4.37. The van der Waals surface area contributed by atoms with Gasteiger partial charge >= 0.3 is 0 Å². The molecule has 0 aromatic heterocycles. The Morgan fingerprint density at radius 3 is 2.34 bits per heavy atom. The molecule has 1 saturated carbocycles. The number of nitro benzene ring substituents is 1. The maximum Gasteiger partial charge on any atom is 0.275 e. The number of carbonyl (C=O) groups excluding carboxylic acids is 2. The van der Waals surface area contributed by atoms with Crippen LogP contribution in [-0.4, -0.2) is 48.5 Å². The number of nitrogens with zero attached hydrogens (tertiary/aromatic N) is 1. The van der Waals surface area contributed by atoms with Crippen LogP contribution in [0.1, 0.15) is 55.8 Å². The molecule has 1 aliphatic heterocycles. The SMILES string of the molecule is C[C@H]1CCCC[C@H]1NC(=O)C[NH+]1CCC(NC(=O)c2ccc([N+](=O)[O-])cc2)CC1. The van der Waals surface area contributed by atoms with E-state index in [1.165, 1.54) is 48.4 Å². The summed E-state index contributed by atoms with van der Waals surface area (Å²) >= 11 is 0. The quantitative estimate of drug-likeness (QED) is 0.488. The highest BCUT2D eigenvalue weighted by Gasteiger charge is 2.28. The van der Waals surface area contributed by atoms with Crippen molar-refractivity contribution in [2.24, 2.45) is 5.92 Å². The van der Waals surface area contributed by atoms with Gasteiger partial charge in [0.15, 0.2) is 6.54 Å². The lowest BCUT2D eigenvalue weighted by molar-refractivity contribution is -0.897. The van der Waals surface area contributed by atoms with Crippen molar-refractivity contribution in [1.29, 1.82) is 0 Å². The summed E-state index contributed by atoms with van der Waals surface area (Å²) in [6, 6.07) is 6.02. The number of benzene rings is 1. The summed E-state index contributed by atoms with van der Waals surface area (Å²) < 4.78 is 0. The molecule has 2 aliphatic rings. The minimum atomic E-state index is -0.481. The van der Waals surface area contributed by atoms with E-state index in [2.05, 4.69) is 17.6 Å². The highest BCUT2D eigenvalue weighted by molar-refractivity contribution is 5.94. The molecule has 3 N–H and O–H groups in total. The van der Waals surface area contributed by atoms with Gasteiger partial charge in [-0.25, -0.2) is 0 Å². The lowest BCUT2D eigenvalue weighted by Gasteiger charge is -2.32. The second kappa shape index (κ2) is 9.82. The predicted molar refractivity (Wildman–Crippen MR) is 109 cm³/mol. The van der Waals surface area contributed by atoms with Crippen molar-refractivity contribution < 1.29 is 19.4 Å². The third kappa shape index (κ3) is 6.00. The van der Waals surface area contributed by atoms with Gasteiger partial charge in [0.2, 0.25) is 0 Å². The van der Waals surface area contributed by atoms with Gasteiger partial charge in [0.1, 0.15) is 0 Å². The zero-order valence-electron chi connectivity index (χ0n) is 17.0. The summed E-state index contributed by atoms with van der Waals surface area (Å²) in [7, 11) is 0. The first-order valence-corrected chi connectivity index (χ1v) is 10.6. The van der Waals surface area contributed by atoms with E-state index in [1.54, 1.807) is 0 Å². The van der Waals surface area contributed by atoms with Gasteiger partial charge < -0.3 is 15.5 Å². The maximum absolute atomic E-state index is 12.4. The Morgan fingerprint density at radius 1 is 1.07 bits per heavy atom. The molecule has 0 spiro atoms. The van der Waals surface area contributed by atoms with Crippen LogP contribution in [-0.2, 0) is 4.79 Å². The summed E-state index contributed by atoms with van der Waals surface area (Å²) in [5, 5.41) is 16.9. The number of nitrogens with one attached hydrogen (secondary N) is 3. The van der Waals surface area contributed by atoms with Crippen molar-refractivity contribution >= 4 is 17.5 Å². The molecule has 29 heavy (non-hydrogen) atoms. The molecule has 1 aliphatic carbocycles. The van der Waals surface area contributed by atoms with E-state index < -0.39 is 4.92 Å². The van der Waals surface area contributed by atoms with E-state index in [4.69, 9.17) is 0 Å². The molecule has 2 amide bonds. The van der Waals surface area contributed by atoms with Crippen molar-refractivity contribution in [3.8, 4) is 0 Å². The molecule has 1 aromatic rings. The second-order valence-corrected chi connectivity index (χ2v) is 8.41. The van der Waals surface area contributed by atoms with Crippen LogP contribution in [0, 0.1) is 16.0 Å². The summed E-state index contributed by atoms with van der Waals surface area (Å²) in [6.45, 7) is 4.40. The molecule has 0 bridgehead atoms. The standard InChI is InChI=1S/C21H30N4O4/c1-15-4-2-3-5-19(15)23-20(26)14-24-12-10-17(11-13-24)22-21(27)16-6-8-18(9-7-16)25(28)29/h6-9,15,17,19H,2-5,10-14H2,1H3,(H,22,27)(H,23,26)/p+1/t15-,19+/m0/s1. The number of hydrogen-bond acceptors (Lipinski definition) is 4. The highest BCUT2D eigenvalue weighted by atomic mass is 16.6. The van der Waals surface area contributed by atoms with Gasteiger partial charge in [-0.05, 0) is 30.9 Å². The maximum atomic E-state index is 12.4. The fourth-order valence-electron chi connectivity index (χ4n) is 4.37. The van der Waals surface area contributed by atoms with Gasteiger partial charge in [0, 0.05) is 42.6 Å². The van der Waals surface area contributed by atoms with Crippen LogP contribution >= 0.6 is 0 Å². The Hall–Kier alpha value is -2.48. The number of likely N-dealkylation sites (tertiary alicyclic amines) is 1. The first-order chi connectivity index (χ1) is 13.9. The van der Waals surface area contributed by atoms with Crippen LogP contribution in [0.25, 0.3) is 0 Å². The molecule has 1 heterocycles. The molecule has 3 rings (SSSR count). The fraction of sp³-hybridized carbons (Fsp3) is 0.619. The number of non-ortho nitro benzene ring substituents is 1. The molecule has 1 aromatic carbocycles. The first-order valence-electron chi connectivity index (χ1n) is 10.6. The predicted octanol–water partition coefficient (Wildman–Crippen LogP) is 1.07. The third-order valence-corrected chi connectivity index (χ3v) is 6.24. The molecular formula is C21H31N4O4+. The average molecular weight is 404 g/mol. The van der Waals surface area contributed by atoms with E-state index in [0.717, 1.165) is 32.4 Å². The Kier molecular flexibility index (Phi) is 7.19. The van der Waals surface area contributed by atoms with Gasteiger partial charge in [0.25, 0.3) is 17.5 Å². The zero-order valence-corrected chi connectivity index (χ0v) is 17.0. The summed E-state index contributed by atoms with van der Waals surface area (Å²) in [6.07, 6.45) is 6.37. The number of amides is 2. The van der Waals surface area contributed by atoms with E-state index >= 15 is 0 Å². The number of quaternary nitrogens is 1.